The lowest BCUT2D eigenvalue weighted by atomic mass is 9.92. The van der Waals surface area contributed by atoms with Crippen molar-refractivity contribution in [1.82, 2.24) is 28.4 Å². The quantitative estimate of drug-likeness (QED) is 0.757. The molecule has 0 aromatic carbocycles. The van der Waals surface area contributed by atoms with Gasteiger partial charge in [-0.05, 0) is 25.0 Å². The summed E-state index contributed by atoms with van der Waals surface area (Å²) in [6.07, 6.45) is 1.43. The van der Waals surface area contributed by atoms with Gasteiger partial charge < -0.3 is 4.74 Å². The van der Waals surface area contributed by atoms with E-state index >= 15 is 0 Å². The third-order valence-corrected chi connectivity index (χ3v) is 7.53. The van der Waals surface area contributed by atoms with Crippen molar-refractivity contribution < 1.29 is 13.2 Å². The summed E-state index contributed by atoms with van der Waals surface area (Å²) < 4.78 is 35.9. The van der Waals surface area contributed by atoms with E-state index in [1.807, 2.05) is 16.6 Å². The SMILES string of the molecule is CC(C)(C)c1ccc2nnc(C3CCN(S(=O)(=O)N4CCOCC4)CC3)n2n1. The normalized spacial score (nSPS) is 21.4. The van der Waals surface area contributed by atoms with Gasteiger partial charge in [-0.2, -0.15) is 26.6 Å². The smallest absolute Gasteiger partial charge is 0.282 e. The van der Waals surface area contributed by atoms with Gasteiger partial charge in [-0.3, -0.25) is 0 Å². The Balaban J connectivity index is 1.51. The minimum Gasteiger partial charge on any atom is -0.379 e. The zero-order valence-electron chi connectivity index (χ0n) is 16.7. The molecule has 2 aliphatic rings. The van der Waals surface area contributed by atoms with Gasteiger partial charge in [0.05, 0.1) is 18.9 Å². The Labute approximate surface area is 165 Å². The molecule has 2 aliphatic heterocycles. The Morgan fingerprint density at radius 1 is 1.00 bits per heavy atom. The molecule has 2 aromatic rings. The minimum absolute atomic E-state index is 0.0642. The van der Waals surface area contributed by atoms with E-state index in [1.165, 1.54) is 4.31 Å². The zero-order valence-corrected chi connectivity index (χ0v) is 17.5. The van der Waals surface area contributed by atoms with Crippen molar-refractivity contribution in [1.29, 1.82) is 0 Å². The van der Waals surface area contributed by atoms with Gasteiger partial charge in [0.15, 0.2) is 11.5 Å². The van der Waals surface area contributed by atoms with E-state index in [-0.39, 0.29) is 11.3 Å². The fourth-order valence-electron chi connectivity index (χ4n) is 3.75. The van der Waals surface area contributed by atoms with Crippen molar-refractivity contribution in [3.8, 4) is 0 Å². The van der Waals surface area contributed by atoms with Crippen LogP contribution >= 0.6 is 0 Å². The Hall–Kier alpha value is -1.62. The van der Waals surface area contributed by atoms with Crippen molar-refractivity contribution in [3.05, 3.63) is 23.7 Å². The fourth-order valence-corrected chi connectivity index (χ4v) is 5.35. The van der Waals surface area contributed by atoms with Crippen LogP contribution in [0, 0.1) is 0 Å². The molecule has 0 aliphatic carbocycles. The average molecular weight is 409 g/mol. The van der Waals surface area contributed by atoms with Crippen LogP contribution in [0.1, 0.15) is 51.0 Å². The number of rotatable bonds is 3. The largest absolute Gasteiger partial charge is 0.379 e. The van der Waals surface area contributed by atoms with Crippen LogP contribution in [0.25, 0.3) is 5.65 Å². The molecule has 2 saturated heterocycles. The van der Waals surface area contributed by atoms with E-state index in [2.05, 4.69) is 31.0 Å². The average Bonchev–Trinajstić information content (AvgIpc) is 3.11. The summed E-state index contributed by atoms with van der Waals surface area (Å²) in [6.45, 7) is 9.12. The van der Waals surface area contributed by atoms with E-state index in [1.54, 1.807) is 4.31 Å². The maximum absolute atomic E-state index is 12.9. The second-order valence-electron chi connectivity index (χ2n) is 8.49. The number of fused-ring (bicyclic) bond motifs is 1. The highest BCUT2D eigenvalue weighted by Gasteiger charge is 2.35. The third-order valence-electron chi connectivity index (χ3n) is 5.50. The fraction of sp³-hybridized carbons (Fsp3) is 0.722. The molecular formula is C18H28N6O3S. The summed E-state index contributed by atoms with van der Waals surface area (Å²) in [5.41, 5.74) is 1.64. The predicted octanol–water partition coefficient (Wildman–Crippen LogP) is 1.18. The number of hydrogen-bond donors (Lipinski definition) is 0. The van der Waals surface area contributed by atoms with Crippen LogP contribution in [0.3, 0.4) is 0 Å². The highest BCUT2D eigenvalue weighted by atomic mass is 32.2. The Kier molecular flexibility index (Phi) is 5.15. The number of hydrogen-bond acceptors (Lipinski definition) is 6. The molecule has 0 unspecified atom stereocenters. The predicted molar refractivity (Wildman–Crippen MR) is 104 cm³/mol. The molecule has 0 saturated carbocycles. The number of morpholine rings is 1. The van der Waals surface area contributed by atoms with E-state index in [0.717, 1.165) is 17.2 Å². The van der Waals surface area contributed by atoms with Crippen LogP contribution in [0.15, 0.2) is 12.1 Å². The van der Waals surface area contributed by atoms with E-state index in [0.29, 0.717) is 52.2 Å². The molecule has 154 valence electrons. The van der Waals surface area contributed by atoms with Gasteiger partial charge in [0.1, 0.15) is 0 Å². The number of ether oxygens (including phenoxy) is 1. The van der Waals surface area contributed by atoms with Crippen LogP contribution < -0.4 is 0 Å². The first-order chi connectivity index (χ1) is 13.3. The number of aromatic nitrogens is 4. The summed E-state index contributed by atoms with van der Waals surface area (Å²) in [5.74, 6) is 0.971. The molecule has 9 nitrogen and oxygen atoms in total. The first-order valence-corrected chi connectivity index (χ1v) is 11.2. The molecule has 0 radical (unpaired) electrons. The molecule has 0 atom stereocenters. The maximum atomic E-state index is 12.9. The van der Waals surface area contributed by atoms with E-state index in [9.17, 15) is 8.42 Å². The third kappa shape index (κ3) is 3.66. The van der Waals surface area contributed by atoms with Crippen LogP contribution in [-0.4, -0.2) is 76.2 Å². The standard InChI is InChI=1S/C18H28N6O3S/c1-18(2,3)15-4-5-16-19-20-17(24(16)21-15)14-6-8-22(9-7-14)28(25,26)23-10-12-27-13-11-23/h4-5,14H,6-13H2,1-3H3. The molecule has 0 N–H and O–H groups in total. The lowest BCUT2D eigenvalue weighted by Gasteiger charge is -2.35. The topological polar surface area (TPSA) is 92.9 Å². The second-order valence-corrected chi connectivity index (χ2v) is 10.4. The zero-order chi connectivity index (χ0) is 19.9. The lowest BCUT2D eigenvalue weighted by molar-refractivity contribution is 0.0696. The highest BCUT2D eigenvalue weighted by molar-refractivity contribution is 7.86. The van der Waals surface area contributed by atoms with Gasteiger partial charge in [-0.25, -0.2) is 0 Å². The van der Waals surface area contributed by atoms with Crippen LogP contribution in [0.2, 0.25) is 0 Å². The molecule has 2 aromatic heterocycles. The summed E-state index contributed by atoms with van der Waals surface area (Å²) in [7, 11) is -3.42. The summed E-state index contributed by atoms with van der Waals surface area (Å²) >= 11 is 0. The number of nitrogens with zero attached hydrogens (tertiary/aromatic N) is 6. The van der Waals surface area contributed by atoms with Crippen molar-refractivity contribution >= 4 is 15.9 Å². The Bertz CT molecular complexity index is 938. The second kappa shape index (κ2) is 7.33. The minimum atomic E-state index is -3.42. The molecule has 4 rings (SSSR count). The lowest BCUT2D eigenvalue weighted by Crippen LogP contribution is -2.50. The van der Waals surface area contributed by atoms with Gasteiger partial charge in [0, 0.05) is 37.5 Å². The molecule has 0 bridgehead atoms. The van der Waals surface area contributed by atoms with Gasteiger partial charge in [-0.1, -0.05) is 20.8 Å². The van der Waals surface area contributed by atoms with E-state index < -0.39 is 10.2 Å². The summed E-state index contributed by atoms with van der Waals surface area (Å²) in [6, 6.07) is 3.94. The van der Waals surface area contributed by atoms with Gasteiger partial charge in [0.25, 0.3) is 10.2 Å². The summed E-state index contributed by atoms with van der Waals surface area (Å²) in [4.78, 5) is 0. The van der Waals surface area contributed by atoms with Crippen LogP contribution in [0.4, 0.5) is 0 Å². The van der Waals surface area contributed by atoms with Gasteiger partial charge in [-0.15, -0.1) is 10.2 Å². The molecule has 2 fully saturated rings. The monoisotopic (exact) mass is 408 g/mol. The molecular weight excluding hydrogens is 380 g/mol. The highest BCUT2D eigenvalue weighted by Crippen LogP contribution is 2.29. The van der Waals surface area contributed by atoms with Gasteiger partial charge in [0.2, 0.25) is 0 Å². The first kappa shape index (κ1) is 19.7. The molecule has 0 spiro atoms. The molecule has 10 heteroatoms. The Morgan fingerprint density at radius 2 is 1.64 bits per heavy atom. The van der Waals surface area contributed by atoms with Crippen LogP contribution in [-0.2, 0) is 20.4 Å². The van der Waals surface area contributed by atoms with Crippen molar-refractivity contribution in [2.45, 2.75) is 44.9 Å². The number of piperidine rings is 1. The van der Waals surface area contributed by atoms with Crippen molar-refractivity contribution in [2.75, 3.05) is 39.4 Å². The molecule has 28 heavy (non-hydrogen) atoms. The molecule has 0 amide bonds. The van der Waals surface area contributed by atoms with Crippen LogP contribution in [0.5, 0.6) is 0 Å². The summed E-state index contributed by atoms with van der Waals surface area (Å²) in [5, 5.41) is 13.4. The van der Waals surface area contributed by atoms with E-state index in [4.69, 9.17) is 9.84 Å². The molecule has 4 heterocycles. The van der Waals surface area contributed by atoms with Gasteiger partial charge >= 0.3 is 0 Å². The Morgan fingerprint density at radius 3 is 2.29 bits per heavy atom. The van der Waals surface area contributed by atoms with Crippen molar-refractivity contribution in [2.24, 2.45) is 0 Å². The van der Waals surface area contributed by atoms with Crippen molar-refractivity contribution in [3.63, 3.8) is 0 Å². The maximum Gasteiger partial charge on any atom is 0.282 e. The first-order valence-electron chi connectivity index (χ1n) is 9.82.